The lowest BCUT2D eigenvalue weighted by Crippen LogP contribution is -2.43. The molecule has 1 amide bonds. The molecule has 1 aromatic rings. The largest absolute Gasteiger partial charge is 0.417 e. The Balaban J connectivity index is 3.21. The maximum atomic E-state index is 13.0. The van der Waals surface area contributed by atoms with Crippen molar-refractivity contribution in [3.63, 3.8) is 0 Å². The van der Waals surface area contributed by atoms with E-state index < -0.39 is 17.6 Å². The van der Waals surface area contributed by atoms with E-state index in [2.05, 4.69) is 0 Å². The molecular weight excluding hydrogens is 281 g/mol. The first-order valence-corrected chi connectivity index (χ1v) is 7.04. The van der Waals surface area contributed by atoms with E-state index in [1.54, 1.807) is 0 Å². The van der Waals surface area contributed by atoms with Gasteiger partial charge in [0, 0.05) is 19.1 Å². The van der Waals surface area contributed by atoms with Gasteiger partial charge < -0.3 is 10.6 Å². The van der Waals surface area contributed by atoms with Crippen molar-refractivity contribution in [1.82, 2.24) is 4.90 Å². The van der Waals surface area contributed by atoms with Gasteiger partial charge in [-0.05, 0) is 25.0 Å². The lowest BCUT2D eigenvalue weighted by Gasteiger charge is -2.31. The van der Waals surface area contributed by atoms with Gasteiger partial charge in [0.1, 0.15) is 0 Å². The lowest BCUT2D eigenvalue weighted by atomic mass is 10.0. The normalized spacial score (nSPS) is 11.8. The number of carbonyl (C=O) groups is 1. The van der Waals surface area contributed by atoms with Crippen LogP contribution >= 0.6 is 0 Å². The molecule has 0 atom stereocenters. The molecule has 0 aliphatic heterocycles. The highest BCUT2D eigenvalue weighted by Gasteiger charge is 2.36. The van der Waals surface area contributed by atoms with Crippen LogP contribution < -0.4 is 5.73 Å². The molecule has 0 saturated heterocycles. The third-order valence-electron chi connectivity index (χ3n) is 3.48. The van der Waals surface area contributed by atoms with Gasteiger partial charge in [-0.25, -0.2) is 0 Å². The fraction of sp³-hybridized carbons (Fsp3) is 0.533. The van der Waals surface area contributed by atoms with Gasteiger partial charge in [0.25, 0.3) is 5.91 Å². The van der Waals surface area contributed by atoms with Gasteiger partial charge in [0.2, 0.25) is 0 Å². The molecule has 0 aliphatic rings. The van der Waals surface area contributed by atoms with Crippen molar-refractivity contribution in [2.75, 3.05) is 13.1 Å². The number of hydrogen-bond acceptors (Lipinski definition) is 2. The maximum absolute atomic E-state index is 13.0. The Morgan fingerprint density at radius 2 is 1.81 bits per heavy atom. The second-order valence-corrected chi connectivity index (χ2v) is 4.80. The summed E-state index contributed by atoms with van der Waals surface area (Å²) < 4.78 is 39.1. The highest BCUT2D eigenvalue weighted by molar-refractivity contribution is 5.96. The Morgan fingerprint density at radius 3 is 2.29 bits per heavy atom. The molecule has 118 valence electrons. The highest BCUT2D eigenvalue weighted by Crippen LogP contribution is 2.32. The van der Waals surface area contributed by atoms with E-state index in [1.165, 1.54) is 23.1 Å². The van der Waals surface area contributed by atoms with Gasteiger partial charge in [0.05, 0.1) is 11.1 Å². The topological polar surface area (TPSA) is 46.3 Å². The third kappa shape index (κ3) is 4.20. The zero-order valence-corrected chi connectivity index (χ0v) is 12.3. The number of carbonyl (C=O) groups excluding carboxylic acids is 1. The Morgan fingerprint density at radius 1 is 1.24 bits per heavy atom. The van der Waals surface area contributed by atoms with Crippen molar-refractivity contribution >= 4 is 5.91 Å². The number of halogens is 3. The molecule has 2 N–H and O–H groups in total. The predicted octanol–water partition coefficient (Wildman–Crippen LogP) is 3.29. The summed E-state index contributed by atoms with van der Waals surface area (Å²) in [5.41, 5.74) is 4.29. The number of hydrogen-bond donors (Lipinski definition) is 1. The molecule has 0 heterocycles. The quantitative estimate of drug-likeness (QED) is 0.876. The summed E-state index contributed by atoms with van der Waals surface area (Å²) >= 11 is 0. The van der Waals surface area contributed by atoms with Gasteiger partial charge in [-0.3, -0.25) is 4.79 Å². The SMILES string of the molecule is CCC(CC)N(CCN)C(=O)c1ccccc1C(F)(F)F. The van der Waals surface area contributed by atoms with Crippen LogP contribution in [0.1, 0.15) is 42.6 Å². The van der Waals surface area contributed by atoms with Gasteiger partial charge in [-0.2, -0.15) is 13.2 Å². The molecule has 1 aromatic carbocycles. The summed E-state index contributed by atoms with van der Waals surface area (Å²) in [5, 5.41) is 0. The molecular formula is C15H21F3N2O. The maximum Gasteiger partial charge on any atom is 0.417 e. The molecule has 0 fully saturated rings. The van der Waals surface area contributed by atoms with Crippen LogP contribution in [-0.2, 0) is 6.18 Å². The van der Waals surface area contributed by atoms with Crippen LogP contribution in [0.25, 0.3) is 0 Å². The molecule has 0 aromatic heterocycles. The molecule has 6 heteroatoms. The zero-order valence-electron chi connectivity index (χ0n) is 12.3. The summed E-state index contributed by atoms with van der Waals surface area (Å²) in [7, 11) is 0. The van der Waals surface area contributed by atoms with Crippen molar-refractivity contribution in [2.45, 2.75) is 38.9 Å². The summed E-state index contributed by atoms with van der Waals surface area (Å²) in [6, 6.07) is 4.76. The number of amides is 1. The summed E-state index contributed by atoms with van der Waals surface area (Å²) in [4.78, 5) is 14.0. The number of rotatable bonds is 6. The van der Waals surface area contributed by atoms with Crippen LogP contribution in [0.15, 0.2) is 24.3 Å². The van der Waals surface area contributed by atoms with Crippen LogP contribution in [-0.4, -0.2) is 29.9 Å². The second-order valence-electron chi connectivity index (χ2n) is 4.80. The Hall–Kier alpha value is -1.56. The van der Waals surface area contributed by atoms with Crippen LogP contribution in [0.2, 0.25) is 0 Å². The zero-order chi connectivity index (χ0) is 16.0. The second kappa shape index (κ2) is 7.45. The molecule has 3 nitrogen and oxygen atoms in total. The van der Waals surface area contributed by atoms with Crippen molar-refractivity contribution in [1.29, 1.82) is 0 Å². The van der Waals surface area contributed by atoms with Crippen LogP contribution in [0.5, 0.6) is 0 Å². The average Bonchev–Trinajstić information content (AvgIpc) is 2.46. The van der Waals surface area contributed by atoms with E-state index in [9.17, 15) is 18.0 Å². The van der Waals surface area contributed by atoms with Crippen LogP contribution in [0.4, 0.5) is 13.2 Å². The fourth-order valence-corrected chi connectivity index (χ4v) is 2.39. The Labute approximate surface area is 122 Å². The minimum absolute atomic E-state index is 0.109. The first-order valence-electron chi connectivity index (χ1n) is 7.04. The van der Waals surface area contributed by atoms with Crippen molar-refractivity contribution in [3.05, 3.63) is 35.4 Å². The first kappa shape index (κ1) is 17.5. The van der Waals surface area contributed by atoms with E-state index in [4.69, 9.17) is 5.73 Å². The molecule has 0 bridgehead atoms. The molecule has 0 saturated carbocycles. The Kier molecular flexibility index (Phi) is 6.20. The molecule has 0 radical (unpaired) electrons. The summed E-state index contributed by atoms with van der Waals surface area (Å²) in [6.07, 6.45) is -3.19. The van der Waals surface area contributed by atoms with Crippen LogP contribution in [0, 0.1) is 0 Å². The first-order chi connectivity index (χ1) is 9.86. The Bertz CT molecular complexity index is 470. The molecule has 21 heavy (non-hydrogen) atoms. The van der Waals surface area contributed by atoms with Crippen molar-refractivity contribution in [2.24, 2.45) is 5.73 Å². The van der Waals surface area contributed by atoms with E-state index >= 15 is 0 Å². The van der Waals surface area contributed by atoms with Gasteiger partial charge in [-0.15, -0.1) is 0 Å². The van der Waals surface area contributed by atoms with Crippen molar-refractivity contribution in [3.8, 4) is 0 Å². The average molecular weight is 302 g/mol. The number of alkyl halides is 3. The third-order valence-corrected chi connectivity index (χ3v) is 3.48. The van der Waals surface area contributed by atoms with E-state index in [0.29, 0.717) is 12.8 Å². The highest BCUT2D eigenvalue weighted by atomic mass is 19.4. The minimum atomic E-state index is -4.55. The van der Waals surface area contributed by atoms with E-state index in [1.807, 2.05) is 13.8 Å². The monoisotopic (exact) mass is 302 g/mol. The van der Waals surface area contributed by atoms with Crippen molar-refractivity contribution < 1.29 is 18.0 Å². The molecule has 0 aliphatic carbocycles. The lowest BCUT2D eigenvalue weighted by molar-refractivity contribution is -0.138. The molecule has 0 spiro atoms. The van der Waals surface area contributed by atoms with Gasteiger partial charge in [-0.1, -0.05) is 26.0 Å². The fourth-order valence-electron chi connectivity index (χ4n) is 2.39. The van der Waals surface area contributed by atoms with E-state index in [0.717, 1.165) is 6.07 Å². The minimum Gasteiger partial charge on any atom is -0.334 e. The molecule has 1 rings (SSSR count). The van der Waals surface area contributed by atoms with Crippen LogP contribution in [0.3, 0.4) is 0 Å². The summed E-state index contributed by atoms with van der Waals surface area (Å²) in [6.45, 7) is 4.27. The number of benzene rings is 1. The summed E-state index contributed by atoms with van der Waals surface area (Å²) in [5.74, 6) is -0.609. The number of nitrogens with zero attached hydrogens (tertiary/aromatic N) is 1. The van der Waals surface area contributed by atoms with Gasteiger partial charge >= 0.3 is 6.18 Å². The standard InChI is InChI=1S/C15H21F3N2O/c1-3-11(4-2)20(10-9-19)14(21)12-7-5-6-8-13(12)15(16,17)18/h5-8,11H,3-4,9-10,19H2,1-2H3. The predicted molar refractivity (Wildman–Crippen MR) is 75.9 cm³/mol. The molecule has 0 unspecified atom stereocenters. The smallest absolute Gasteiger partial charge is 0.334 e. The van der Waals surface area contributed by atoms with E-state index in [-0.39, 0.29) is 24.7 Å². The number of nitrogens with two attached hydrogens (primary N) is 1. The van der Waals surface area contributed by atoms with Gasteiger partial charge in [0.15, 0.2) is 0 Å².